The second kappa shape index (κ2) is 7.45. The van der Waals surface area contributed by atoms with E-state index in [2.05, 4.69) is 44.5 Å². The van der Waals surface area contributed by atoms with Crippen LogP contribution in [0.5, 0.6) is 5.75 Å². The number of hydrogen-bond acceptors (Lipinski definition) is 5. The van der Waals surface area contributed by atoms with Crippen molar-refractivity contribution in [2.75, 3.05) is 23.9 Å². The summed E-state index contributed by atoms with van der Waals surface area (Å²) in [6.45, 7) is 3.70. The summed E-state index contributed by atoms with van der Waals surface area (Å²) in [5.74, 6) is 3.07. The Morgan fingerprint density at radius 1 is 1.07 bits per heavy atom. The summed E-state index contributed by atoms with van der Waals surface area (Å²) in [5, 5.41) is 3.95. The highest BCUT2D eigenvalue weighted by atomic mass is 35.5. The molecule has 0 aliphatic carbocycles. The van der Waals surface area contributed by atoms with Crippen LogP contribution < -0.4 is 15.0 Å². The SMILES string of the molecule is COc1ccc(Cl)cc1Nc1cc(N2CCc3ccccc3C2)nc(C)n1. The number of anilines is 3. The minimum atomic E-state index is 0.636. The van der Waals surface area contributed by atoms with Crippen LogP contribution in [-0.4, -0.2) is 23.6 Å². The molecule has 0 bridgehead atoms. The number of halogens is 1. The molecule has 0 unspecified atom stereocenters. The molecule has 138 valence electrons. The van der Waals surface area contributed by atoms with Gasteiger partial charge in [-0.3, -0.25) is 0 Å². The molecule has 0 saturated heterocycles. The summed E-state index contributed by atoms with van der Waals surface area (Å²) in [4.78, 5) is 11.5. The Morgan fingerprint density at radius 3 is 2.70 bits per heavy atom. The molecule has 2 heterocycles. The predicted octanol–water partition coefficient (Wildman–Crippen LogP) is 4.75. The second-order valence-electron chi connectivity index (χ2n) is 6.57. The van der Waals surface area contributed by atoms with Gasteiger partial charge in [-0.15, -0.1) is 0 Å². The number of methoxy groups -OCH3 is 1. The topological polar surface area (TPSA) is 50.3 Å². The maximum absolute atomic E-state index is 6.14. The van der Waals surface area contributed by atoms with Crippen molar-refractivity contribution < 1.29 is 4.74 Å². The van der Waals surface area contributed by atoms with E-state index in [0.29, 0.717) is 10.8 Å². The average molecular weight is 381 g/mol. The molecule has 0 atom stereocenters. The molecule has 0 amide bonds. The van der Waals surface area contributed by atoms with Crippen LogP contribution in [-0.2, 0) is 13.0 Å². The number of ether oxygens (including phenoxy) is 1. The molecule has 0 spiro atoms. The summed E-state index contributed by atoms with van der Waals surface area (Å²) in [6, 6.07) is 16.0. The standard InChI is InChI=1S/C21H21ClN4O/c1-14-23-20(25-18-11-17(22)7-8-19(18)27-2)12-21(24-14)26-10-9-15-5-3-4-6-16(15)13-26/h3-8,11-12H,9-10,13H2,1-2H3,(H,23,24,25). The lowest BCUT2D eigenvalue weighted by Gasteiger charge is -2.30. The fraction of sp³-hybridized carbons (Fsp3) is 0.238. The fourth-order valence-corrected chi connectivity index (χ4v) is 3.56. The number of fused-ring (bicyclic) bond motifs is 1. The summed E-state index contributed by atoms with van der Waals surface area (Å²) in [6.07, 6.45) is 1.02. The van der Waals surface area contributed by atoms with E-state index in [1.165, 1.54) is 11.1 Å². The Morgan fingerprint density at radius 2 is 1.89 bits per heavy atom. The van der Waals surface area contributed by atoms with Gasteiger partial charge in [-0.1, -0.05) is 35.9 Å². The van der Waals surface area contributed by atoms with Gasteiger partial charge < -0.3 is 15.0 Å². The zero-order valence-electron chi connectivity index (χ0n) is 15.4. The Kier molecular flexibility index (Phi) is 4.86. The molecule has 2 aromatic carbocycles. The van der Waals surface area contributed by atoms with Crippen molar-refractivity contribution in [3.05, 3.63) is 70.5 Å². The predicted molar refractivity (Wildman–Crippen MR) is 109 cm³/mol. The van der Waals surface area contributed by atoms with Crippen molar-refractivity contribution in [3.8, 4) is 5.75 Å². The first-order valence-corrected chi connectivity index (χ1v) is 9.28. The van der Waals surface area contributed by atoms with Gasteiger partial charge in [-0.2, -0.15) is 0 Å². The maximum atomic E-state index is 6.14. The molecule has 5 nitrogen and oxygen atoms in total. The first kappa shape index (κ1) is 17.6. The van der Waals surface area contributed by atoms with E-state index in [4.69, 9.17) is 16.3 Å². The molecular weight excluding hydrogens is 360 g/mol. The number of aromatic nitrogens is 2. The first-order valence-electron chi connectivity index (χ1n) is 8.90. The van der Waals surface area contributed by atoms with Gasteiger partial charge in [0.1, 0.15) is 23.2 Å². The Labute approximate surface area is 164 Å². The van der Waals surface area contributed by atoms with Crippen molar-refractivity contribution in [1.82, 2.24) is 9.97 Å². The minimum absolute atomic E-state index is 0.636. The van der Waals surface area contributed by atoms with Crippen LogP contribution in [0.25, 0.3) is 0 Å². The molecule has 1 N–H and O–H groups in total. The van der Waals surface area contributed by atoms with Gasteiger partial charge >= 0.3 is 0 Å². The van der Waals surface area contributed by atoms with E-state index in [9.17, 15) is 0 Å². The van der Waals surface area contributed by atoms with Gasteiger partial charge in [0.2, 0.25) is 0 Å². The smallest absolute Gasteiger partial charge is 0.142 e. The Bertz CT molecular complexity index is 976. The molecule has 0 saturated carbocycles. The molecule has 27 heavy (non-hydrogen) atoms. The fourth-order valence-electron chi connectivity index (χ4n) is 3.39. The quantitative estimate of drug-likeness (QED) is 0.707. The number of hydrogen-bond donors (Lipinski definition) is 1. The number of nitrogens with zero attached hydrogens (tertiary/aromatic N) is 3. The number of benzene rings is 2. The van der Waals surface area contributed by atoms with Gasteiger partial charge in [-0.25, -0.2) is 9.97 Å². The number of aryl methyl sites for hydroxylation is 1. The van der Waals surface area contributed by atoms with Crippen molar-refractivity contribution in [3.63, 3.8) is 0 Å². The molecule has 1 aliphatic heterocycles. The molecular formula is C21H21ClN4O. The molecule has 4 rings (SSSR count). The Balaban J connectivity index is 1.62. The van der Waals surface area contributed by atoms with Crippen molar-refractivity contribution in [2.45, 2.75) is 19.9 Å². The van der Waals surface area contributed by atoms with E-state index in [0.717, 1.165) is 42.7 Å². The highest BCUT2D eigenvalue weighted by Gasteiger charge is 2.18. The van der Waals surface area contributed by atoms with E-state index in [-0.39, 0.29) is 0 Å². The first-order chi connectivity index (χ1) is 13.1. The van der Waals surface area contributed by atoms with Crippen LogP contribution in [0.4, 0.5) is 17.3 Å². The minimum Gasteiger partial charge on any atom is -0.495 e. The van der Waals surface area contributed by atoms with E-state index >= 15 is 0 Å². The van der Waals surface area contributed by atoms with Crippen LogP contribution in [0.2, 0.25) is 5.02 Å². The van der Waals surface area contributed by atoms with Crippen LogP contribution in [0.3, 0.4) is 0 Å². The van der Waals surface area contributed by atoms with E-state index in [1.807, 2.05) is 25.1 Å². The van der Waals surface area contributed by atoms with Gasteiger partial charge in [0.25, 0.3) is 0 Å². The third kappa shape index (κ3) is 3.83. The summed E-state index contributed by atoms with van der Waals surface area (Å²) < 4.78 is 5.41. The van der Waals surface area contributed by atoms with E-state index < -0.39 is 0 Å². The van der Waals surface area contributed by atoms with E-state index in [1.54, 1.807) is 13.2 Å². The molecule has 6 heteroatoms. The van der Waals surface area contributed by atoms with Crippen molar-refractivity contribution >= 4 is 28.9 Å². The van der Waals surface area contributed by atoms with Gasteiger partial charge in [0.15, 0.2) is 0 Å². The van der Waals surface area contributed by atoms with Gasteiger partial charge in [0.05, 0.1) is 12.8 Å². The third-order valence-electron chi connectivity index (χ3n) is 4.70. The monoisotopic (exact) mass is 380 g/mol. The molecule has 3 aromatic rings. The summed E-state index contributed by atoms with van der Waals surface area (Å²) in [7, 11) is 1.64. The Hall–Kier alpha value is -2.79. The van der Waals surface area contributed by atoms with Gasteiger partial charge in [-0.05, 0) is 42.7 Å². The zero-order valence-corrected chi connectivity index (χ0v) is 16.1. The molecule has 0 fully saturated rings. The van der Waals surface area contributed by atoms with Crippen LogP contribution in [0.15, 0.2) is 48.5 Å². The normalized spacial score (nSPS) is 13.2. The maximum Gasteiger partial charge on any atom is 0.142 e. The zero-order chi connectivity index (χ0) is 18.8. The van der Waals surface area contributed by atoms with Crippen molar-refractivity contribution in [1.29, 1.82) is 0 Å². The highest BCUT2D eigenvalue weighted by molar-refractivity contribution is 6.31. The second-order valence-corrected chi connectivity index (χ2v) is 7.00. The number of rotatable bonds is 4. The summed E-state index contributed by atoms with van der Waals surface area (Å²) >= 11 is 6.14. The molecule has 1 aromatic heterocycles. The average Bonchev–Trinajstić information content (AvgIpc) is 2.67. The largest absolute Gasteiger partial charge is 0.495 e. The third-order valence-corrected chi connectivity index (χ3v) is 4.94. The summed E-state index contributed by atoms with van der Waals surface area (Å²) in [5.41, 5.74) is 3.55. The van der Waals surface area contributed by atoms with Gasteiger partial charge in [0, 0.05) is 24.2 Å². The van der Waals surface area contributed by atoms with Crippen LogP contribution >= 0.6 is 11.6 Å². The highest BCUT2D eigenvalue weighted by Crippen LogP contribution is 2.31. The van der Waals surface area contributed by atoms with Crippen LogP contribution in [0.1, 0.15) is 17.0 Å². The molecule has 0 radical (unpaired) electrons. The lowest BCUT2D eigenvalue weighted by atomic mass is 10.00. The van der Waals surface area contributed by atoms with Crippen molar-refractivity contribution in [2.24, 2.45) is 0 Å². The van der Waals surface area contributed by atoms with Crippen LogP contribution in [0, 0.1) is 6.92 Å². The lowest BCUT2D eigenvalue weighted by molar-refractivity contribution is 0.417. The number of nitrogens with one attached hydrogen (secondary N) is 1. The molecule has 1 aliphatic rings. The lowest BCUT2D eigenvalue weighted by Crippen LogP contribution is -2.31.